The Balaban J connectivity index is 2.02. The normalized spacial score (nSPS) is 10.5. The first-order chi connectivity index (χ1) is 11.1. The Kier molecular flexibility index (Phi) is 3.95. The van der Waals surface area contributed by atoms with E-state index in [2.05, 4.69) is 10.3 Å². The van der Waals surface area contributed by atoms with E-state index in [0.29, 0.717) is 10.7 Å². The van der Waals surface area contributed by atoms with Crippen LogP contribution >= 0.6 is 11.6 Å². The maximum absolute atomic E-state index is 12.4. The summed E-state index contributed by atoms with van der Waals surface area (Å²) in [6.45, 7) is 0. The summed E-state index contributed by atoms with van der Waals surface area (Å²) >= 11 is 6.15. The van der Waals surface area contributed by atoms with Crippen molar-refractivity contribution in [1.29, 1.82) is 0 Å². The van der Waals surface area contributed by atoms with Gasteiger partial charge in [-0.15, -0.1) is 0 Å². The molecule has 23 heavy (non-hydrogen) atoms. The van der Waals surface area contributed by atoms with Crippen LogP contribution in [0, 0.1) is 0 Å². The van der Waals surface area contributed by atoms with Gasteiger partial charge in [-0.1, -0.05) is 35.9 Å². The molecule has 0 saturated carbocycles. The van der Waals surface area contributed by atoms with Crippen molar-refractivity contribution in [2.45, 2.75) is 0 Å². The highest BCUT2D eigenvalue weighted by molar-refractivity contribution is 6.36. The standard InChI is InChI=1S/C17H11ClN2O3/c18-13-7-8-14(11-5-2-1-4-10(11)13)20-16(21)12-6-3-9-19-15(12)17(22)23/h1-9H,(H,20,21)(H,22,23). The van der Waals surface area contributed by atoms with Gasteiger partial charge in [-0.25, -0.2) is 9.78 Å². The van der Waals surface area contributed by atoms with Crippen LogP contribution < -0.4 is 5.32 Å². The Morgan fingerprint density at radius 2 is 1.74 bits per heavy atom. The fourth-order valence-electron chi connectivity index (χ4n) is 2.32. The number of carboxylic acid groups (broad SMARTS) is 1. The molecule has 2 N–H and O–H groups in total. The third-order valence-electron chi connectivity index (χ3n) is 3.37. The maximum atomic E-state index is 12.4. The van der Waals surface area contributed by atoms with Gasteiger partial charge < -0.3 is 10.4 Å². The third kappa shape index (κ3) is 2.86. The van der Waals surface area contributed by atoms with Crippen LogP contribution in [0.4, 0.5) is 5.69 Å². The van der Waals surface area contributed by atoms with Crippen molar-refractivity contribution in [3.8, 4) is 0 Å². The van der Waals surface area contributed by atoms with E-state index in [4.69, 9.17) is 16.7 Å². The molecule has 1 heterocycles. The fraction of sp³-hybridized carbons (Fsp3) is 0. The Bertz CT molecular complexity index is 925. The molecular formula is C17H11ClN2O3. The number of carbonyl (C=O) groups excluding carboxylic acids is 1. The SMILES string of the molecule is O=C(Nc1ccc(Cl)c2ccccc12)c1cccnc1C(=O)O. The van der Waals surface area contributed by atoms with Gasteiger partial charge in [0, 0.05) is 27.7 Å². The zero-order chi connectivity index (χ0) is 16.4. The van der Waals surface area contributed by atoms with Crippen molar-refractivity contribution in [3.63, 3.8) is 0 Å². The Morgan fingerprint density at radius 3 is 2.48 bits per heavy atom. The topological polar surface area (TPSA) is 79.3 Å². The Morgan fingerprint density at radius 1 is 1.00 bits per heavy atom. The number of carbonyl (C=O) groups is 2. The van der Waals surface area contributed by atoms with Crippen LogP contribution in [0.15, 0.2) is 54.7 Å². The number of benzene rings is 2. The van der Waals surface area contributed by atoms with Crippen molar-refractivity contribution >= 4 is 39.9 Å². The van der Waals surface area contributed by atoms with Gasteiger partial charge in [-0.2, -0.15) is 0 Å². The van der Waals surface area contributed by atoms with E-state index in [1.54, 1.807) is 12.1 Å². The van der Waals surface area contributed by atoms with Gasteiger partial charge in [0.05, 0.1) is 5.56 Å². The first kappa shape index (κ1) is 15.0. The zero-order valence-electron chi connectivity index (χ0n) is 11.8. The number of aromatic carboxylic acids is 1. The highest BCUT2D eigenvalue weighted by Gasteiger charge is 2.18. The van der Waals surface area contributed by atoms with Gasteiger partial charge in [0.2, 0.25) is 0 Å². The summed E-state index contributed by atoms with van der Waals surface area (Å²) in [4.78, 5) is 27.3. The number of rotatable bonds is 3. The molecule has 0 aliphatic heterocycles. The monoisotopic (exact) mass is 326 g/mol. The highest BCUT2D eigenvalue weighted by atomic mass is 35.5. The number of pyridine rings is 1. The number of carboxylic acids is 1. The number of amides is 1. The average Bonchev–Trinajstić information content (AvgIpc) is 2.57. The largest absolute Gasteiger partial charge is 0.476 e. The van der Waals surface area contributed by atoms with Crippen molar-refractivity contribution in [3.05, 3.63) is 71.0 Å². The van der Waals surface area contributed by atoms with Crippen molar-refractivity contribution in [1.82, 2.24) is 4.98 Å². The molecule has 5 nitrogen and oxygen atoms in total. The molecule has 0 unspecified atom stereocenters. The number of fused-ring (bicyclic) bond motifs is 1. The van der Waals surface area contributed by atoms with E-state index in [9.17, 15) is 9.59 Å². The third-order valence-corrected chi connectivity index (χ3v) is 3.70. The van der Waals surface area contributed by atoms with Crippen LogP contribution in [-0.4, -0.2) is 22.0 Å². The number of anilines is 1. The molecular weight excluding hydrogens is 316 g/mol. The van der Waals surface area contributed by atoms with Gasteiger partial charge in [-0.05, 0) is 24.3 Å². The lowest BCUT2D eigenvalue weighted by molar-refractivity contribution is 0.0686. The van der Waals surface area contributed by atoms with Gasteiger partial charge in [0.1, 0.15) is 0 Å². The molecule has 0 atom stereocenters. The minimum atomic E-state index is -1.25. The second-order valence-corrected chi connectivity index (χ2v) is 5.21. The van der Waals surface area contributed by atoms with Crippen LogP contribution in [0.3, 0.4) is 0 Å². The van der Waals surface area contributed by atoms with Gasteiger partial charge in [-0.3, -0.25) is 4.79 Å². The zero-order valence-corrected chi connectivity index (χ0v) is 12.5. The Hall–Kier alpha value is -2.92. The van der Waals surface area contributed by atoms with Crippen molar-refractivity contribution in [2.24, 2.45) is 0 Å². The quantitative estimate of drug-likeness (QED) is 0.766. The lowest BCUT2D eigenvalue weighted by atomic mass is 10.1. The molecule has 2 aromatic carbocycles. The fourth-order valence-corrected chi connectivity index (χ4v) is 2.55. The molecule has 0 radical (unpaired) electrons. The number of hydrogen-bond donors (Lipinski definition) is 2. The minimum Gasteiger partial charge on any atom is -0.476 e. The van der Waals surface area contributed by atoms with Gasteiger partial charge in [0.15, 0.2) is 5.69 Å². The molecule has 1 amide bonds. The molecule has 0 spiro atoms. The minimum absolute atomic E-state index is 0.000897. The van der Waals surface area contributed by atoms with Crippen LogP contribution in [0.1, 0.15) is 20.8 Å². The molecule has 0 aliphatic carbocycles. The average molecular weight is 327 g/mol. The lowest BCUT2D eigenvalue weighted by Crippen LogP contribution is -2.17. The molecule has 3 aromatic rings. The predicted molar refractivity (Wildman–Crippen MR) is 88.1 cm³/mol. The number of hydrogen-bond acceptors (Lipinski definition) is 3. The summed E-state index contributed by atoms with van der Waals surface area (Å²) in [6.07, 6.45) is 1.33. The van der Waals surface area contributed by atoms with E-state index in [0.717, 1.165) is 10.8 Å². The maximum Gasteiger partial charge on any atom is 0.355 e. The second-order valence-electron chi connectivity index (χ2n) is 4.80. The molecule has 0 aliphatic rings. The van der Waals surface area contributed by atoms with E-state index in [1.165, 1.54) is 18.3 Å². The number of nitrogens with one attached hydrogen (secondary N) is 1. The number of aromatic nitrogens is 1. The second kappa shape index (κ2) is 6.06. The molecule has 0 saturated heterocycles. The molecule has 1 aromatic heterocycles. The summed E-state index contributed by atoms with van der Waals surface area (Å²) in [6, 6.07) is 13.7. The van der Waals surface area contributed by atoms with Crippen LogP contribution in [0.2, 0.25) is 5.02 Å². The van der Waals surface area contributed by atoms with E-state index in [-0.39, 0.29) is 11.3 Å². The van der Waals surface area contributed by atoms with Gasteiger partial charge in [0.25, 0.3) is 5.91 Å². The van der Waals surface area contributed by atoms with Crippen LogP contribution in [-0.2, 0) is 0 Å². The van der Waals surface area contributed by atoms with E-state index >= 15 is 0 Å². The Labute approximate surface area is 136 Å². The number of halogens is 1. The van der Waals surface area contributed by atoms with Crippen LogP contribution in [0.25, 0.3) is 10.8 Å². The summed E-state index contributed by atoms with van der Waals surface area (Å²) in [7, 11) is 0. The van der Waals surface area contributed by atoms with E-state index in [1.807, 2.05) is 24.3 Å². The first-order valence-electron chi connectivity index (χ1n) is 6.75. The van der Waals surface area contributed by atoms with E-state index < -0.39 is 11.9 Å². The summed E-state index contributed by atoms with van der Waals surface area (Å²) in [5.74, 6) is -1.79. The molecule has 6 heteroatoms. The molecule has 114 valence electrons. The highest BCUT2D eigenvalue weighted by Crippen LogP contribution is 2.30. The number of nitrogens with zero attached hydrogens (tertiary/aromatic N) is 1. The van der Waals surface area contributed by atoms with Crippen molar-refractivity contribution < 1.29 is 14.7 Å². The van der Waals surface area contributed by atoms with Crippen LogP contribution in [0.5, 0.6) is 0 Å². The lowest BCUT2D eigenvalue weighted by Gasteiger charge is -2.10. The predicted octanol–water partition coefficient (Wildman–Crippen LogP) is 3.84. The smallest absolute Gasteiger partial charge is 0.355 e. The molecule has 3 rings (SSSR count). The molecule has 0 fully saturated rings. The summed E-state index contributed by atoms with van der Waals surface area (Å²) < 4.78 is 0. The summed E-state index contributed by atoms with van der Waals surface area (Å²) in [5.41, 5.74) is 0.262. The molecule has 0 bridgehead atoms. The first-order valence-corrected chi connectivity index (χ1v) is 7.12. The summed E-state index contributed by atoms with van der Waals surface area (Å²) in [5, 5.41) is 14.0. The van der Waals surface area contributed by atoms with Crippen molar-refractivity contribution in [2.75, 3.05) is 5.32 Å². The van der Waals surface area contributed by atoms with Gasteiger partial charge >= 0.3 is 5.97 Å².